The van der Waals surface area contributed by atoms with Gasteiger partial charge in [-0.15, -0.1) is 0 Å². The van der Waals surface area contributed by atoms with Crippen LogP contribution in [0.5, 0.6) is 0 Å². The molecule has 12 heavy (non-hydrogen) atoms. The molecule has 0 saturated carbocycles. The van der Waals surface area contributed by atoms with E-state index in [0.717, 1.165) is 17.2 Å². The first-order chi connectivity index (χ1) is 5.75. The number of aromatic nitrogens is 2. The van der Waals surface area contributed by atoms with Crippen molar-refractivity contribution in [2.75, 3.05) is 11.5 Å². The standard InChI is InChI=1S/C8H15N3S/c1-3-12-6-7(9)8-4-5-10-11(8)2/h4-5,7H,3,6,9H2,1-2H3. The van der Waals surface area contributed by atoms with Gasteiger partial charge in [-0.1, -0.05) is 6.92 Å². The lowest BCUT2D eigenvalue weighted by Crippen LogP contribution is -2.16. The molecule has 1 aromatic heterocycles. The van der Waals surface area contributed by atoms with Gasteiger partial charge in [0.05, 0.1) is 11.7 Å². The fraction of sp³-hybridized carbons (Fsp3) is 0.625. The molecule has 0 aliphatic rings. The van der Waals surface area contributed by atoms with Crippen LogP contribution in [0.25, 0.3) is 0 Å². The number of aryl methyl sites for hydroxylation is 1. The number of hydrogen-bond acceptors (Lipinski definition) is 3. The lowest BCUT2D eigenvalue weighted by molar-refractivity contribution is 0.659. The van der Waals surface area contributed by atoms with Crippen LogP contribution in [0.4, 0.5) is 0 Å². The number of nitrogens with two attached hydrogens (primary N) is 1. The molecule has 1 aromatic rings. The summed E-state index contributed by atoms with van der Waals surface area (Å²) in [6, 6.07) is 2.09. The third kappa shape index (κ3) is 2.25. The number of hydrogen-bond donors (Lipinski definition) is 1. The van der Waals surface area contributed by atoms with Crippen LogP contribution in [0.1, 0.15) is 18.7 Å². The van der Waals surface area contributed by atoms with Crippen LogP contribution >= 0.6 is 11.8 Å². The van der Waals surface area contributed by atoms with E-state index in [2.05, 4.69) is 12.0 Å². The average molecular weight is 185 g/mol. The Morgan fingerprint density at radius 1 is 1.75 bits per heavy atom. The van der Waals surface area contributed by atoms with Crippen LogP contribution < -0.4 is 5.73 Å². The molecular weight excluding hydrogens is 170 g/mol. The molecule has 4 heteroatoms. The Bertz CT molecular complexity index is 234. The number of rotatable bonds is 4. The highest BCUT2D eigenvalue weighted by Gasteiger charge is 2.08. The lowest BCUT2D eigenvalue weighted by Gasteiger charge is -2.10. The summed E-state index contributed by atoms with van der Waals surface area (Å²) < 4.78 is 1.83. The van der Waals surface area contributed by atoms with Crippen LogP contribution in [-0.2, 0) is 7.05 Å². The smallest absolute Gasteiger partial charge is 0.0558 e. The molecule has 0 radical (unpaired) electrons. The highest BCUT2D eigenvalue weighted by atomic mass is 32.2. The zero-order valence-electron chi connectivity index (χ0n) is 7.53. The van der Waals surface area contributed by atoms with Crippen molar-refractivity contribution in [3.05, 3.63) is 18.0 Å². The minimum Gasteiger partial charge on any atom is -0.322 e. The molecule has 1 rings (SSSR count). The Hall–Kier alpha value is -0.480. The van der Waals surface area contributed by atoms with Gasteiger partial charge < -0.3 is 5.73 Å². The summed E-state index contributed by atoms with van der Waals surface area (Å²) in [7, 11) is 1.92. The van der Waals surface area contributed by atoms with Gasteiger partial charge in [-0.2, -0.15) is 16.9 Å². The molecule has 1 unspecified atom stereocenters. The van der Waals surface area contributed by atoms with Crippen molar-refractivity contribution in [1.29, 1.82) is 0 Å². The zero-order valence-corrected chi connectivity index (χ0v) is 8.34. The van der Waals surface area contributed by atoms with E-state index >= 15 is 0 Å². The Morgan fingerprint density at radius 3 is 3.00 bits per heavy atom. The van der Waals surface area contributed by atoms with Crippen molar-refractivity contribution in [2.24, 2.45) is 12.8 Å². The fourth-order valence-corrected chi connectivity index (χ4v) is 1.74. The van der Waals surface area contributed by atoms with Gasteiger partial charge in [0, 0.05) is 19.0 Å². The maximum Gasteiger partial charge on any atom is 0.0558 e. The highest BCUT2D eigenvalue weighted by Crippen LogP contribution is 2.14. The van der Waals surface area contributed by atoms with E-state index in [1.807, 2.05) is 29.6 Å². The Kier molecular flexibility index (Phi) is 3.62. The molecule has 0 saturated heterocycles. The number of thioether (sulfide) groups is 1. The first-order valence-corrected chi connectivity index (χ1v) is 5.22. The van der Waals surface area contributed by atoms with Crippen molar-refractivity contribution in [3.63, 3.8) is 0 Å². The van der Waals surface area contributed by atoms with E-state index in [0.29, 0.717) is 0 Å². The average Bonchev–Trinajstić information content (AvgIpc) is 2.47. The SMILES string of the molecule is CCSCC(N)c1ccnn1C. The summed E-state index contributed by atoms with van der Waals surface area (Å²) in [5.74, 6) is 2.08. The third-order valence-electron chi connectivity index (χ3n) is 1.74. The molecule has 0 bridgehead atoms. The van der Waals surface area contributed by atoms with Gasteiger partial charge in [0.25, 0.3) is 0 Å². The van der Waals surface area contributed by atoms with Gasteiger partial charge in [-0.3, -0.25) is 4.68 Å². The lowest BCUT2D eigenvalue weighted by atomic mass is 10.2. The summed E-state index contributed by atoms with van der Waals surface area (Å²) in [6.45, 7) is 2.14. The van der Waals surface area contributed by atoms with Gasteiger partial charge in [0.1, 0.15) is 0 Å². The fourth-order valence-electron chi connectivity index (χ4n) is 1.08. The summed E-state index contributed by atoms with van der Waals surface area (Å²) in [5, 5.41) is 4.07. The minimum absolute atomic E-state index is 0.113. The highest BCUT2D eigenvalue weighted by molar-refractivity contribution is 7.99. The van der Waals surface area contributed by atoms with Crippen molar-refractivity contribution in [1.82, 2.24) is 9.78 Å². The second-order valence-corrected chi connectivity index (χ2v) is 3.96. The molecule has 0 amide bonds. The maximum atomic E-state index is 5.94. The van der Waals surface area contributed by atoms with Crippen LogP contribution in [0.2, 0.25) is 0 Å². The number of nitrogens with zero attached hydrogens (tertiary/aromatic N) is 2. The van der Waals surface area contributed by atoms with Gasteiger partial charge in [0.2, 0.25) is 0 Å². The normalized spacial score (nSPS) is 13.2. The summed E-state index contributed by atoms with van der Waals surface area (Å²) in [4.78, 5) is 0. The van der Waals surface area contributed by atoms with E-state index in [-0.39, 0.29) is 6.04 Å². The van der Waals surface area contributed by atoms with Gasteiger partial charge in [0.15, 0.2) is 0 Å². The van der Waals surface area contributed by atoms with Crippen LogP contribution in [0.15, 0.2) is 12.3 Å². The van der Waals surface area contributed by atoms with Crippen molar-refractivity contribution < 1.29 is 0 Å². The van der Waals surface area contributed by atoms with Crippen LogP contribution in [-0.4, -0.2) is 21.3 Å². The van der Waals surface area contributed by atoms with Crippen LogP contribution in [0, 0.1) is 0 Å². The Labute approximate surface area is 77.3 Å². The predicted molar refractivity (Wildman–Crippen MR) is 53.1 cm³/mol. The predicted octanol–water partition coefficient (Wildman–Crippen LogP) is 1.17. The molecule has 2 N–H and O–H groups in total. The zero-order chi connectivity index (χ0) is 8.97. The first kappa shape index (κ1) is 9.61. The molecular formula is C8H15N3S. The summed E-state index contributed by atoms with van der Waals surface area (Å²) >= 11 is 1.86. The molecule has 0 aliphatic heterocycles. The van der Waals surface area contributed by atoms with Gasteiger partial charge in [-0.25, -0.2) is 0 Å². The van der Waals surface area contributed by atoms with E-state index in [9.17, 15) is 0 Å². The first-order valence-electron chi connectivity index (χ1n) is 4.07. The molecule has 3 nitrogen and oxygen atoms in total. The quantitative estimate of drug-likeness (QED) is 0.766. The molecule has 1 heterocycles. The van der Waals surface area contributed by atoms with Crippen LogP contribution in [0.3, 0.4) is 0 Å². The Morgan fingerprint density at radius 2 is 2.50 bits per heavy atom. The van der Waals surface area contributed by atoms with E-state index < -0.39 is 0 Å². The largest absolute Gasteiger partial charge is 0.322 e. The van der Waals surface area contributed by atoms with Gasteiger partial charge in [-0.05, 0) is 11.8 Å². The second-order valence-electron chi connectivity index (χ2n) is 2.65. The van der Waals surface area contributed by atoms with E-state index in [1.54, 1.807) is 6.20 Å². The molecule has 1 atom stereocenters. The monoisotopic (exact) mass is 185 g/mol. The second kappa shape index (κ2) is 4.52. The topological polar surface area (TPSA) is 43.8 Å². The van der Waals surface area contributed by atoms with Crippen molar-refractivity contribution in [2.45, 2.75) is 13.0 Å². The van der Waals surface area contributed by atoms with Crippen molar-refractivity contribution in [3.8, 4) is 0 Å². The maximum absolute atomic E-state index is 5.94. The molecule has 0 aliphatic carbocycles. The molecule has 68 valence electrons. The summed E-state index contributed by atoms with van der Waals surface area (Å²) in [6.07, 6.45) is 1.78. The Balaban J connectivity index is 2.52. The minimum atomic E-state index is 0.113. The molecule has 0 spiro atoms. The summed E-state index contributed by atoms with van der Waals surface area (Å²) in [5.41, 5.74) is 7.05. The van der Waals surface area contributed by atoms with E-state index in [4.69, 9.17) is 5.73 Å². The molecule has 0 aromatic carbocycles. The van der Waals surface area contributed by atoms with Crippen molar-refractivity contribution >= 4 is 11.8 Å². The third-order valence-corrected chi connectivity index (χ3v) is 2.74. The molecule has 0 fully saturated rings. The van der Waals surface area contributed by atoms with E-state index in [1.165, 1.54) is 0 Å². The van der Waals surface area contributed by atoms with Gasteiger partial charge >= 0.3 is 0 Å².